The molecule has 24 heavy (non-hydrogen) atoms. The summed E-state index contributed by atoms with van der Waals surface area (Å²) in [5.74, 6) is 0.674. The highest BCUT2D eigenvalue weighted by atomic mass is 16.5. The number of amides is 1. The molecule has 2 N–H and O–H groups in total. The molecule has 0 radical (unpaired) electrons. The van der Waals surface area contributed by atoms with E-state index in [1.165, 1.54) is 19.4 Å². The number of nitrogens with zero attached hydrogens (tertiary/aromatic N) is 1. The van der Waals surface area contributed by atoms with E-state index >= 15 is 0 Å². The summed E-state index contributed by atoms with van der Waals surface area (Å²) in [6.45, 7) is 3.79. The first-order valence-electron chi connectivity index (χ1n) is 7.38. The molecule has 0 bridgehead atoms. The van der Waals surface area contributed by atoms with E-state index in [4.69, 9.17) is 9.47 Å². The second-order valence-corrected chi connectivity index (χ2v) is 5.28. The van der Waals surface area contributed by atoms with Crippen LogP contribution in [0.2, 0.25) is 0 Å². The number of hydrazone groups is 1. The van der Waals surface area contributed by atoms with Crippen LogP contribution in [0.5, 0.6) is 17.2 Å². The predicted octanol–water partition coefficient (Wildman–Crippen LogP) is 2.55. The molecule has 0 fully saturated rings. The highest BCUT2D eigenvalue weighted by molar-refractivity contribution is 5.83. The van der Waals surface area contributed by atoms with Gasteiger partial charge in [-0.3, -0.25) is 4.79 Å². The van der Waals surface area contributed by atoms with Gasteiger partial charge in [-0.25, -0.2) is 5.43 Å². The summed E-state index contributed by atoms with van der Waals surface area (Å²) in [7, 11) is 1.47. The maximum absolute atomic E-state index is 11.7. The molecule has 0 saturated carbocycles. The molecular formula is C18H20N2O4. The molecule has 0 aliphatic rings. The Hall–Kier alpha value is -3.02. The van der Waals surface area contributed by atoms with Crippen molar-refractivity contribution in [2.45, 2.75) is 13.8 Å². The van der Waals surface area contributed by atoms with Crippen molar-refractivity contribution in [3.63, 3.8) is 0 Å². The van der Waals surface area contributed by atoms with Crippen molar-refractivity contribution >= 4 is 12.1 Å². The molecule has 126 valence electrons. The lowest BCUT2D eigenvalue weighted by Crippen LogP contribution is -2.24. The van der Waals surface area contributed by atoms with Crippen LogP contribution in [0.4, 0.5) is 0 Å². The molecule has 6 nitrogen and oxygen atoms in total. The molecule has 0 spiro atoms. The molecule has 2 aromatic carbocycles. The van der Waals surface area contributed by atoms with Gasteiger partial charge in [-0.1, -0.05) is 17.7 Å². The largest absolute Gasteiger partial charge is 0.504 e. The number of carbonyl (C=O) groups is 1. The Morgan fingerprint density at radius 3 is 2.62 bits per heavy atom. The minimum atomic E-state index is -0.371. The highest BCUT2D eigenvalue weighted by Gasteiger charge is 2.04. The minimum absolute atomic E-state index is 0.00551. The first kappa shape index (κ1) is 17.3. The molecule has 0 aliphatic heterocycles. The number of aryl methyl sites for hydroxylation is 2. The van der Waals surface area contributed by atoms with Crippen LogP contribution < -0.4 is 14.9 Å². The van der Waals surface area contributed by atoms with Gasteiger partial charge in [0.2, 0.25) is 0 Å². The summed E-state index contributed by atoms with van der Waals surface area (Å²) < 4.78 is 10.4. The number of phenolic OH excluding ortho intramolecular Hbond substituents is 1. The first-order valence-corrected chi connectivity index (χ1v) is 7.38. The van der Waals surface area contributed by atoms with Crippen molar-refractivity contribution in [3.05, 3.63) is 53.1 Å². The SMILES string of the molecule is COc1ccc(C=NNC(=O)COc2ccc(C)cc2C)cc1O. The van der Waals surface area contributed by atoms with E-state index in [2.05, 4.69) is 10.5 Å². The maximum atomic E-state index is 11.7. The fourth-order valence-electron chi connectivity index (χ4n) is 2.10. The molecule has 2 rings (SSSR count). The molecule has 6 heteroatoms. The fraction of sp³-hybridized carbons (Fsp3) is 0.222. The summed E-state index contributed by atoms with van der Waals surface area (Å²) >= 11 is 0. The molecule has 0 saturated heterocycles. The Bertz CT molecular complexity index is 757. The average Bonchev–Trinajstić information content (AvgIpc) is 2.54. The van der Waals surface area contributed by atoms with Gasteiger partial charge >= 0.3 is 0 Å². The van der Waals surface area contributed by atoms with E-state index in [1.54, 1.807) is 12.1 Å². The number of carbonyl (C=O) groups excluding carboxylic acids is 1. The Kier molecular flexibility index (Phi) is 5.78. The molecule has 0 heterocycles. The summed E-state index contributed by atoms with van der Waals surface area (Å²) in [5.41, 5.74) is 5.11. The van der Waals surface area contributed by atoms with E-state index in [1.807, 2.05) is 32.0 Å². The first-order chi connectivity index (χ1) is 11.5. The van der Waals surface area contributed by atoms with Crippen LogP contribution in [0.1, 0.15) is 16.7 Å². The zero-order chi connectivity index (χ0) is 17.5. The molecule has 2 aromatic rings. The van der Waals surface area contributed by atoms with Crippen LogP contribution >= 0.6 is 0 Å². The van der Waals surface area contributed by atoms with Gasteiger partial charge < -0.3 is 14.6 Å². The second-order valence-electron chi connectivity index (χ2n) is 5.28. The van der Waals surface area contributed by atoms with Crippen molar-refractivity contribution in [2.24, 2.45) is 5.10 Å². The summed E-state index contributed by atoms with van der Waals surface area (Å²) in [4.78, 5) is 11.7. The van der Waals surface area contributed by atoms with Gasteiger partial charge in [0.05, 0.1) is 13.3 Å². The number of rotatable bonds is 6. The normalized spacial score (nSPS) is 10.6. The molecular weight excluding hydrogens is 308 g/mol. The lowest BCUT2D eigenvalue weighted by Gasteiger charge is -2.08. The number of phenols is 1. The van der Waals surface area contributed by atoms with Crippen molar-refractivity contribution in [2.75, 3.05) is 13.7 Å². The number of methoxy groups -OCH3 is 1. The monoisotopic (exact) mass is 328 g/mol. The van der Waals surface area contributed by atoms with Gasteiger partial charge in [0, 0.05) is 0 Å². The third kappa shape index (κ3) is 4.74. The smallest absolute Gasteiger partial charge is 0.277 e. The van der Waals surface area contributed by atoms with Crippen LogP contribution in [0.3, 0.4) is 0 Å². The van der Waals surface area contributed by atoms with Gasteiger partial charge in [0.15, 0.2) is 18.1 Å². The van der Waals surface area contributed by atoms with E-state index in [0.717, 1.165) is 11.1 Å². The van der Waals surface area contributed by atoms with Crippen LogP contribution in [0.25, 0.3) is 0 Å². The zero-order valence-electron chi connectivity index (χ0n) is 13.9. The summed E-state index contributed by atoms with van der Waals surface area (Å²) in [6.07, 6.45) is 1.42. The zero-order valence-corrected chi connectivity index (χ0v) is 13.9. The van der Waals surface area contributed by atoms with E-state index in [0.29, 0.717) is 17.1 Å². The Morgan fingerprint density at radius 1 is 1.21 bits per heavy atom. The Balaban J connectivity index is 1.85. The molecule has 0 aliphatic carbocycles. The van der Waals surface area contributed by atoms with Crippen molar-refractivity contribution in [1.82, 2.24) is 5.43 Å². The van der Waals surface area contributed by atoms with Gasteiger partial charge in [0.25, 0.3) is 5.91 Å². The number of aromatic hydroxyl groups is 1. The van der Waals surface area contributed by atoms with Gasteiger partial charge in [-0.05, 0) is 49.2 Å². The number of hydrogen-bond acceptors (Lipinski definition) is 5. The van der Waals surface area contributed by atoms with Crippen molar-refractivity contribution in [1.29, 1.82) is 0 Å². The second kappa shape index (κ2) is 8.01. The predicted molar refractivity (Wildman–Crippen MR) is 91.8 cm³/mol. The standard InChI is InChI=1S/C18H20N2O4/c1-12-4-6-16(13(2)8-12)24-11-18(22)20-19-10-14-5-7-17(23-3)15(21)9-14/h4-10,21H,11H2,1-3H3,(H,20,22). The lowest BCUT2D eigenvalue weighted by atomic mass is 10.1. The van der Waals surface area contributed by atoms with Crippen molar-refractivity contribution in [3.8, 4) is 17.2 Å². The maximum Gasteiger partial charge on any atom is 0.277 e. The van der Waals surface area contributed by atoms with Gasteiger partial charge in [-0.2, -0.15) is 5.10 Å². The number of ether oxygens (including phenoxy) is 2. The third-order valence-corrected chi connectivity index (χ3v) is 3.29. The van der Waals surface area contributed by atoms with Gasteiger partial charge in [0.1, 0.15) is 5.75 Å². The van der Waals surface area contributed by atoms with Crippen molar-refractivity contribution < 1.29 is 19.4 Å². The minimum Gasteiger partial charge on any atom is -0.504 e. The lowest BCUT2D eigenvalue weighted by molar-refractivity contribution is -0.123. The number of hydrogen-bond donors (Lipinski definition) is 2. The van der Waals surface area contributed by atoms with E-state index in [9.17, 15) is 9.90 Å². The summed E-state index contributed by atoms with van der Waals surface area (Å²) in [6, 6.07) is 10.6. The van der Waals surface area contributed by atoms with Crippen LogP contribution in [-0.2, 0) is 4.79 Å². The van der Waals surface area contributed by atoms with Gasteiger partial charge in [-0.15, -0.1) is 0 Å². The highest BCUT2D eigenvalue weighted by Crippen LogP contribution is 2.25. The molecule has 1 amide bonds. The third-order valence-electron chi connectivity index (χ3n) is 3.29. The van der Waals surface area contributed by atoms with E-state index < -0.39 is 0 Å². The Morgan fingerprint density at radius 2 is 1.96 bits per heavy atom. The quantitative estimate of drug-likeness (QED) is 0.631. The topological polar surface area (TPSA) is 80.2 Å². The van der Waals surface area contributed by atoms with Crippen LogP contribution in [0, 0.1) is 13.8 Å². The average molecular weight is 328 g/mol. The molecule has 0 atom stereocenters. The van der Waals surface area contributed by atoms with Crippen LogP contribution in [0.15, 0.2) is 41.5 Å². The summed E-state index contributed by atoms with van der Waals surface area (Å²) in [5, 5.41) is 13.5. The Labute approximate surface area is 140 Å². The number of benzene rings is 2. The number of nitrogens with one attached hydrogen (secondary N) is 1. The molecule has 0 aromatic heterocycles. The fourth-order valence-corrected chi connectivity index (χ4v) is 2.10. The van der Waals surface area contributed by atoms with Crippen LogP contribution in [-0.4, -0.2) is 30.9 Å². The molecule has 0 unspecified atom stereocenters. The van der Waals surface area contributed by atoms with E-state index in [-0.39, 0.29) is 18.3 Å².